The van der Waals surface area contributed by atoms with E-state index >= 15 is 0 Å². The van der Waals surface area contributed by atoms with E-state index in [9.17, 15) is 4.79 Å². The van der Waals surface area contributed by atoms with Crippen LogP contribution in [0.2, 0.25) is 5.02 Å². The van der Waals surface area contributed by atoms with Crippen LogP contribution < -0.4 is 11.1 Å². The summed E-state index contributed by atoms with van der Waals surface area (Å²) in [4.78, 5) is 11.8. The minimum atomic E-state index is -0.421. The number of nitrogens with one attached hydrogen (secondary N) is 1. The zero-order chi connectivity index (χ0) is 14.5. The third-order valence-electron chi connectivity index (χ3n) is 4.08. The molecule has 2 rings (SSSR count). The molecule has 1 saturated carbocycles. The van der Waals surface area contributed by atoms with Crippen LogP contribution in [0, 0.1) is 6.92 Å². The van der Waals surface area contributed by atoms with Gasteiger partial charge in [0.15, 0.2) is 0 Å². The molecule has 0 aromatic heterocycles. The van der Waals surface area contributed by atoms with Gasteiger partial charge in [-0.1, -0.05) is 43.4 Å². The molecule has 0 spiro atoms. The number of rotatable bonds is 4. The quantitative estimate of drug-likeness (QED) is 0.835. The normalized spacial score (nSPS) is 18.5. The van der Waals surface area contributed by atoms with Gasteiger partial charge < -0.3 is 5.73 Å². The highest BCUT2D eigenvalue weighted by molar-refractivity contribution is 6.30. The van der Waals surface area contributed by atoms with Gasteiger partial charge in [0.05, 0.1) is 0 Å². The summed E-state index contributed by atoms with van der Waals surface area (Å²) in [7, 11) is 0. The van der Waals surface area contributed by atoms with Crippen LogP contribution in [0.25, 0.3) is 0 Å². The molecule has 1 aliphatic rings. The molecule has 1 aromatic carbocycles. The molecule has 4 heteroatoms. The highest BCUT2D eigenvalue weighted by atomic mass is 35.5. The van der Waals surface area contributed by atoms with Gasteiger partial charge in [0.1, 0.15) is 6.04 Å². The summed E-state index contributed by atoms with van der Waals surface area (Å²) in [6.45, 7) is 1.96. The lowest BCUT2D eigenvalue weighted by molar-refractivity contribution is -0.120. The fraction of sp³-hybridized carbons (Fsp3) is 0.562. The Labute approximate surface area is 125 Å². The third-order valence-corrected chi connectivity index (χ3v) is 4.32. The Kier molecular flexibility index (Phi) is 5.44. The van der Waals surface area contributed by atoms with Crippen LogP contribution in [0.1, 0.15) is 55.7 Å². The van der Waals surface area contributed by atoms with Crippen molar-refractivity contribution in [2.45, 2.75) is 57.5 Å². The number of halogens is 1. The van der Waals surface area contributed by atoms with Crippen LogP contribution >= 0.6 is 11.6 Å². The molecular formula is C16H23ClN2O. The van der Waals surface area contributed by atoms with Crippen LogP contribution in [-0.2, 0) is 4.79 Å². The minimum Gasteiger partial charge on any atom is -0.368 e. The Balaban J connectivity index is 2.15. The van der Waals surface area contributed by atoms with E-state index in [4.69, 9.17) is 17.3 Å². The zero-order valence-electron chi connectivity index (χ0n) is 12.0. The first-order valence-corrected chi connectivity index (χ1v) is 7.77. The second-order valence-electron chi connectivity index (χ2n) is 5.69. The number of benzene rings is 1. The first-order valence-electron chi connectivity index (χ1n) is 7.39. The Bertz CT molecular complexity index is 468. The monoisotopic (exact) mass is 294 g/mol. The SMILES string of the molecule is Cc1cc(Cl)ccc1C(NC1CCCCCC1)C(N)=O. The molecule has 0 bridgehead atoms. The highest BCUT2D eigenvalue weighted by Gasteiger charge is 2.23. The van der Waals surface area contributed by atoms with Crippen molar-refractivity contribution in [2.75, 3.05) is 0 Å². The summed E-state index contributed by atoms with van der Waals surface area (Å²) in [5.41, 5.74) is 7.54. The number of carbonyl (C=O) groups is 1. The van der Waals surface area contributed by atoms with Crippen LogP contribution in [0.15, 0.2) is 18.2 Å². The highest BCUT2D eigenvalue weighted by Crippen LogP contribution is 2.24. The Morgan fingerprint density at radius 1 is 1.30 bits per heavy atom. The summed E-state index contributed by atoms with van der Waals surface area (Å²) < 4.78 is 0. The predicted molar refractivity (Wildman–Crippen MR) is 82.8 cm³/mol. The lowest BCUT2D eigenvalue weighted by Gasteiger charge is -2.24. The average molecular weight is 295 g/mol. The molecule has 0 aliphatic heterocycles. The molecule has 20 heavy (non-hydrogen) atoms. The minimum absolute atomic E-state index is 0.320. The van der Waals surface area contributed by atoms with Gasteiger partial charge in [0.2, 0.25) is 5.91 Å². The molecule has 3 N–H and O–H groups in total. The fourth-order valence-corrected chi connectivity index (χ4v) is 3.20. The lowest BCUT2D eigenvalue weighted by Crippen LogP contribution is -2.40. The fourth-order valence-electron chi connectivity index (χ4n) is 2.97. The van der Waals surface area contributed by atoms with Crippen molar-refractivity contribution in [3.8, 4) is 0 Å². The summed E-state index contributed by atoms with van der Waals surface area (Å²) in [5, 5.41) is 4.14. The first kappa shape index (κ1) is 15.3. The molecule has 1 atom stereocenters. The number of amides is 1. The largest absolute Gasteiger partial charge is 0.368 e. The number of aryl methyl sites for hydroxylation is 1. The molecule has 1 unspecified atom stereocenters. The topological polar surface area (TPSA) is 55.1 Å². The van der Waals surface area contributed by atoms with Gasteiger partial charge in [-0.25, -0.2) is 0 Å². The third kappa shape index (κ3) is 3.97. The van der Waals surface area contributed by atoms with E-state index in [0.717, 1.165) is 24.0 Å². The van der Waals surface area contributed by atoms with E-state index in [2.05, 4.69) is 5.32 Å². The Hall–Kier alpha value is -1.06. The van der Waals surface area contributed by atoms with Crippen molar-refractivity contribution < 1.29 is 4.79 Å². The van der Waals surface area contributed by atoms with Gasteiger partial charge >= 0.3 is 0 Å². The van der Waals surface area contributed by atoms with E-state index in [0.29, 0.717) is 11.1 Å². The number of carbonyl (C=O) groups excluding carboxylic acids is 1. The van der Waals surface area contributed by atoms with Gasteiger partial charge in [-0.3, -0.25) is 10.1 Å². The Morgan fingerprint density at radius 2 is 1.95 bits per heavy atom. The summed E-state index contributed by atoms with van der Waals surface area (Å²) >= 11 is 5.98. The van der Waals surface area contributed by atoms with Crippen molar-refractivity contribution in [1.29, 1.82) is 0 Å². The van der Waals surface area contributed by atoms with Gasteiger partial charge in [0, 0.05) is 11.1 Å². The van der Waals surface area contributed by atoms with Crippen LogP contribution in [-0.4, -0.2) is 11.9 Å². The molecule has 0 radical (unpaired) electrons. The van der Waals surface area contributed by atoms with E-state index in [1.165, 1.54) is 25.7 Å². The average Bonchev–Trinajstić information content (AvgIpc) is 2.65. The van der Waals surface area contributed by atoms with Crippen molar-refractivity contribution in [3.63, 3.8) is 0 Å². The van der Waals surface area contributed by atoms with Crippen molar-refractivity contribution in [1.82, 2.24) is 5.32 Å². The van der Waals surface area contributed by atoms with Crippen molar-refractivity contribution in [2.24, 2.45) is 5.73 Å². The number of primary amides is 1. The van der Waals surface area contributed by atoms with Crippen molar-refractivity contribution >= 4 is 17.5 Å². The number of hydrogen-bond donors (Lipinski definition) is 2. The molecule has 1 fully saturated rings. The maximum atomic E-state index is 11.8. The standard InChI is InChI=1S/C16H23ClN2O/c1-11-10-12(17)8-9-14(11)15(16(18)20)19-13-6-4-2-3-5-7-13/h8-10,13,15,19H,2-7H2,1H3,(H2,18,20). The van der Waals surface area contributed by atoms with Gasteiger partial charge in [-0.2, -0.15) is 0 Å². The van der Waals surface area contributed by atoms with E-state index in [1.54, 1.807) is 0 Å². The van der Waals surface area contributed by atoms with Gasteiger partial charge in [0.25, 0.3) is 0 Å². The van der Waals surface area contributed by atoms with Crippen LogP contribution in [0.4, 0.5) is 0 Å². The van der Waals surface area contributed by atoms with Gasteiger partial charge in [-0.15, -0.1) is 0 Å². The van der Waals surface area contributed by atoms with E-state index in [-0.39, 0.29) is 5.91 Å². The second-order valence-corrected chi connectivity index (χ2v) is 6.13. The van der Waals surface area contributed by atoms with E-state index in [1.807, 2.05) is 25.1 Å². The summed E-state index contributed by atoms with van der Waals surface area (Å²) in [5.74, 6) is -0.320. The summed E-state index contributed by atoms with van der Waals surface area (Å²) in [6.07, 6.45) is 7.27. The summed E-state index contributed by atoms with van der Waals surface area (Å²) in [6, 6.07) is 5.55. The zero-order valence-corrected chi connectivity index (χ0v) is 12.7. The maximum Gasteiger partial charge on any atom is 0.239 e. The maximum absolute atomic E-state index is 11.8. The number of hydrogen-bond acceptors (Lipinski definition) is 2. The second kappa shape index (κ2) is 7.09. The van der Waals surface area contributed by atoms with Crippen molar-refractivity contribution in [3.05, 3.63) is 34.3 Å². The Morgan fingerprint density at radius 3 is 2.50 bits per heavy atom. The molecule has 1 aliphatic carbocycles. The van der Waals surface area contributed by atoms with Crippen LogP contribution in [0.3, 0.4) is 0 Å². The van der Waals surface area contributed by atoms with Crippen LogP contribution in [0.5, 0.6) is 0 Å². The molecule has 0 saturated heterocycles. The number of nitrogens with two attached hydrogens (primary N) is 1. The molecule has 1 aromatic rings. The smallest absolute Gasteiger partial charge is 0.239 e. The lowest BCUT2D eigenvalue weighted by atomic mass is 9.98. The van der Waals surface area contributed by atoms with E-state index < -0.39 is 6.04 Å². The van der Waals surface area contributed by atoms with Gasteiger partial charge in [-0.05, 0) is 43.0 Å². The first-order chi connectivity index (χ1) is 9.58. The molecule has 1 amide bonds. The molecule has 110 valence electrons. The molecular weight excluding hydrogens is 272 g/mol. The molecule has 0 heterocycles. The molecule has 3 nitrogen and oxygen atoms in total. The predicted octanol–water partition coefficient (Wildman–Crippen LogP) is 3.49.